The maximum absolute atomic E-state index is 13.4. The molecule has 2 aromatic rings. The number of nitrogens with one attached hydrogen (secondary N) is 2. The average Bonchev–Trinajstić information content (AvgIpc) is 2.95. The first-order valence-corrected chi connectivity index (χ1v) is 15.5. The van der Waals surface area contributed by atoms with Gasteiger partial charge in [0.05, 0.1) is 22.4 Å². The highest BCUT2D eigenvalue weighted by molar-refractivity contribution is 8.00. The number of carbonyl (C=O) groups is 2. The van der Waals surface area contributed by atoms with Gasteiger partial charge in [-0.05, 0) is 55.2 Å². The first-order valence-electron chi connectivity index (χ1n) is 12.9. The standard InChI is InChI=1S/C27H33N5O4S2/c28-12-14-31-26(33)23-6-2-1-5-20(23)19-38(35,36)22-10-8-21(9-11-22)37-25(24-7-3-4-13-30-24)27(34)32-17-15-29-16-18-32/h3-4,7-11,13,20,23,25,29H,1-2,5-6,14-19H2,(H,31,33)/t20-,23+,25?/m1/s1. The van der Waals surface area contributed by atoms with Gasteiger partial charge in [-0.2, -0.15) is 5.26 Å². The molecule has 2 N–H and O–H groups in total. The molecule has 1 unspecified atom stereocenters. The van der Waals surface area contributed by atoms with Gasteiger partial charge < -0.3 is 15.5 Å². The van der Waals surface area contributed by atoms with Crippen LogP contribution in [0.1, 0.15) is 36.6 Å². The molecule has 3 atom stereocenters. The Kier molecular flexibility index (Phi) is 9.77. The lowest BCUT2D eigenvalue weighted by atomic mass is 9.80. The second-order valence-electron chi connectivity index (χ2n) is 9.61. The lowest BCUT2D eigenvalue weighted by molar-refractivity contribution is -0.131. The van der Waals surface area contributed by atoms with E-state index in [0.717, 1.165) is 30.8 Å². The molecule has 1 saturated heterocycles. The summed E-state index contributed by atoms with van der Waals surface area (Å²) in [7, 11) is -3.63. The fraction of sp³-hybridized carbons (Fsp3) is 0.481. The number of nitrogens with zero attached hydrogens (tertiary/aromatic N) is 3. The summed E-state index contributed by atoms with van der Waals surface area (Å²) in [5.74, 6) is -1.05. The third-order valence-corrected chi connectivity index (χ3v) is 10.1. The molecule has 1 aliphatic heterocycles. The molecule has 0 bridgehead atoms. The zero-order valence-electron chi connectivity index (χ0n) is 21.2. The van der Waals surface area contributed by atoms with Crippen molar-refractivity contribution in [3.05, 3.63) is 54.4 Å². The maximum atomic E-state index is 13.4. The Labute approximate surface area is 228 Å². The quantitative estimate of drug-likeness (QED) is 0.356. The van der Waals surface area contributed by atoms with E-state index < -0.39 is 21.0 Å². The van der Waals surface area contributed by atoms with Gasteiger partial charge in [0.2, 0.25) is 11.8 Å². The SMILES string of the molecule is N#CCNC(=O)[C@H]1CCCC[C@@H]1CS(=O)(=O)c1ccc(SC(C(=O)N2CCNCC2)c2ccccn2)cc1. The number of amides is 2. The van der Waals surface area contributed by atoms with Gasteiger partial charge in [0.25, 0.3) is 0 Å². The highest BCUT2D eigenvalue weighted by atomic mass is 32.2. The highest BCUT2D eigenvalue weighted by Gasteiger charge is 2.35. The molecule has 202 valence electrons. The fourth-order valence-electron chi connectivity index (χ4n) is 5.07. The third-order valence-electron chi connectivity index (χ3n) is 7.07. The Morgan fingerprint density at radius 3 is 2.55 bits per heavy atom. The van der Waals surface area contributed by atoms with Crippen LogP contribution in [0.2, 0.25) is 0 Å². The average molecular weight is 556 g/mol. The van der Waals surface area contributed by atoms with Crippen LogP contribution in [0, 0.1) is 23.2 Å². The van der Waals surface area contributed by atoms with Gasteiger partial charge in [0.15, 0.2) is 9.84 Å². The van der Waals surface area contributed by atoms with E-state index >= 15 is 0 Å². The van der Waals surface area contributed by atoms with Crippen LogP contribution in [0.5, 0.6) is 0 Å². The first kappa shape index (κ1) is 28.1. The van der Waals surface area contributed by atoms with Crippen molar-refractivity contribution in [2.75, 3.05) is 38.5 Å². The topological polar surface area (TPSA) is 132 Å². The van der Waals surface area contributed by atoms with Gasteiger partial charge in [0, 0.05) is 43.2 Å². The lowest BCUT2D eigenvalue weighted by Gasteiger charge is -2.30. The van der Waals surface area contributed by atoms with Crippen LogP contribution in [0.3, 0.4) is 0 Å². The van der Waals surface area contributed by atoms with E-state index in [0.29, 0.717) is 31.6 Å². The normalized spacial score (nSPS) is 20.8. The number of hydrogen-bond acceptors (Lipinski definition) is 8. The number of nitriles is 1. The van der Waals surface area contributed by atoms with E-state index in [9.17, 15) is 18.0 Å². The monoisotopic (exact) mass is 555 g/mol. The van der Waals surface area contributed by atoms with Crippen molar-refractivity contribution in [3.8, 4) is 6.07 Å². The van der Waals surface area contributed by atoms with Gasteiger partial charge in [-0.1, -0.05) is 18.9 Å². The summed E-state index contributed by atoms with van der Waals surface area (Å²) in [6.45, 7) is 2.69. The molecule has 2 heterocycles. The molecule has 1 aromatic heterocycles. The molecular weight excluding hydrogens is 522 g/mol. The molecule has 1 aromatic carbocycles. The second kappa shape index (κ2) is 13.2. The number of piperazine rings is 1. The zero-order valence-corrected chi connectivity index (χ0v) is 22.8. The molecule has 1 saturated carbocycles. The summed E-state index contributed by atoms with van der Waals surface area (Å²) in [4.78, 5) is 33.2. The Balaban J connectivity index is 1.47. The van der Waals surface area contributed by atoms with Gasteiger partial charge >= 0.3 is 0 Å². The predicted molar refractivity (Wildman–Crippen MR) is 145 cm³/mol. The molecular formula is C27H33N5O4S2. The zero-order chi connectivity index (χ0) is 27.0. The van der Waals surface area contributed by atoms with Crippen molar-refractivity contribution in [1.82, 2.24) is 20.5 Å². The van der Waals surface area contributed by atoms with E-state index in [1.54, 1.807) is 30.5 Å². The molecule has 4 rings (SSSR count). The highest BCUT2D eigenvalue weighted by Crippen LogP contribution is 2.37. The van der Waals surface area contributed by atoms with Crippen molar-refractivity contribution >= 4 is 33.4 Å². The van der Waals surface area contributed by atoms with E-state index in [2.05, 4.69) is 15.6 Å². The number of benzene rings is 1. The lowest BCUT2D eigenvalue weighted by Crippen LogP contribution is -2.47. The molecule has 2 aliphatic rings. The smallest absolute Gasteiger partial charge is 0.242 e. The number of rotatable bonds is 9. The Bertz CT molecular complexity index is 1240. The summed E-state index contributed by atoms with van der Waals surface area (Å²) in [6.07, 6.45) is 4.72. The van der Waals surface area contributed by atoms with Crippen LogP contribution >= 0.6 is 11.8 Å². The summed E-state index contributed by atoms with van der Waals surface area (Å²) >= 11 is 1.36. The third kappa shape index (κ3) is 7.12. The number of sulfone groups is 1. The van der Waals surface area contributed by atoms with Crippen LogP contribution in [0.25, 0.3) is 0 Å². The molecule has 2 fully saturated rings. The van der Waals surface area contributed by atoms with Crippen molar-refractivity contribution < 1.29 is 18.0 Å². The van der Waals surface area contributed by atoms with Crippen molar-refractivity contribution in [2.45, 2.75) is 40.7 Å². The van der Waals surface area contributed by atoms with Crippen molar-refractivity contribution in [2.24, 2.45) is 11.8 Å². The number of pyridine rings is 1. The molecule has 9 nitrogen and oxygen atoms in total. The van der Waals surface area contributed by atoms with Crippen molar-refractivity contribution in [3.63, 3.8) is 0 Å². The first-order chi connectivity index (χ1) is 18.4. The number of thioether (sulfide) groups is 1. The minimum absolute atomic E-state index is 0.00934. The Morgan fingerprint density at radius 1 is 1.13 bits per heavy atom. The van der Waals surface area contributed by atoms with Crippen LogP contribution < -0.4 is 10.6 Å². The minimum atomic E-state index is -3.63. The fourth-order valence-corrected chi connectivity index (χ4v) is 7.85. The molecule has 2 amide bonds. The molecule has 0 spiro atoms. The summed E-state index contributed by atoms with van der Waals surface area (Å²) in [6, 6.07) is 14.0. The van der Waals surface area contributed by atoms with Gasteiger partial charge in [-0.3, -0.25) is 14.6 Å². The molecule has 38 heavy (non-hydrogen) atoms. The Hall–Kier alpha value is -2.94. The van der Waals surface area contributed by atoms with Crippen LogP contribution in [-0.4, -0.2) is 68.6 Å². The van der Waals surface area contributed by atoms with Crippen LogP contribution in [0.15, 0.2) is 58.5 Å². The Morgan fingerprint density at radius 2 is 1.87 bits per heavy atom. The van der Waals surface area contributed by atoms with Gasteiger partial charge in [-0.25, -0.2) is 8.42 Å². The molecule has 0 radical (unpaired) electrons. The second-order valence-corrected chi connectivity index (χ2v) is 12.8. The maximum Gasteiger partial charge on any atom is 0.242 e. The minimum Gasteiger partial charge on any atom is -0.343 e. The van der Waals surface area contributed by atoms with E-state index in [1.807, 2.05) is 29.2 Å². The molecule has 1 aliphatic carbocycles. The molecule has 11 heteroatoms. The van der Waals surface area contributed by atoms with Crippen LogP contribution in [0.4, 0.5) is 0 Å². The van der Waals surface area contributed by atoms with Crippen molar-refractivity contribution in [1.29, 1.82) is 5.26 Å². The van der Waals surface area contributed by atoms with Gasteiger partial charge in [-0.15, -0.1) is 11.8 Å². The van der Waals surface area contributed by atoms with E-state index in [4.69, 9.17) is 5.26 Å². The number of aromatic nitrogens is 1. The van der Waals surface area contributed by atoms with Gasteiger partial charge in [0.1, 0.15) is 11.8 Å². The largest absolute Gasteiger partial charge is 0.343 e. The summed E-state index contributed by atoms with van der Waals surface area (Å²) < 4.78 is 26.6. The van der Waals surface area contributed by atoms with Crippen LogP contribution in [-0.2, 0) is 19.4 Å². The number of hydrogen-bond donors (Lipinski definition) is 2. The van der Waals surface area contributed by atoms with E-state index in [1.165, 1.54) is 11.8 Å². The summed E-state index contributed by atoms with van der Waals surface area (Å²) in [5, 5.41) is 14.1. The predicted octanol–water partition coefficient (Wildman–Crippen LogP) is 2.57. The van der Waals surface area contributed by atoms with E-state index in [-0.39, 0.29) is 34.9 Å². The summed E-state index contributed by atoms with van der Waals surface area (Å²) in [5.41, 5.74) is 0.663. The number of carbonyl (C=O) groups excluding carboxylic acids is 2.